The Morgan fingerprint density at radius 1 is 1.06 bits per heavy atom. The van der Waals surface area contributed by atoms with Crippen molar-refractivity contribution in [2.45, 2.75) is 51.9 Å². The third kappa shape index (κ3) is 5.51. The maximum absolute atomic E-state index is 12.7. The fourth-order valence-electron chi connectivity index (χ4n) is 4.47. The van der Waals surface area contributed by atoms with Crippen molar-refractivity contribution in [3.05, 3.63) is 59.7 Å². The van der Waals surface area contributed by atoms with Crippen molar-refractivity contribution in [3.63, 3.8) is 0 Å². The molecule has 0 spiro atoms. The monoisotopic (exact) mass is 421 g/mol. The molecule has 2 saturated heterocycles. The molecule has 164 valence electrons. The molecule has 0 radical (unpaired) electrons. The van der Waals surface area contributed by atoms with E-state index in [4.69, 9.17) is 4.74 Å². The number of nitrogens with one attached hydrogen (secondary N) is 1. The van der Waals surface area contributed by atoms with E-state index in [1.807, 2.05) is 48.5 Å². The normalized spacial score (nSPS) is 22.4. The summed E-state index contributed by atoms with van der Waals surface area (Å²) in [7, 11) is 0. The van der Waals surface area contributed by atoms with Gasteiger partial charge in [0.2, 0.25) is 5.91 Å². The number of hydrogen-bond donors (Lipinski definition) is 1. The molecule has 0 saturated carbocycles. The second-order valence-corrected chi connectivity index (χ2v) is 8.66. The van der Waals surface area contributed by atoms with Crippen LogP contribution in [0.1, 0.15) is 49.0 Å². The highest BCUT2D eigenvalue weighted by molar-refractivity contribution is 6.04. The van der Waals surface area contributed by atoms with Crippen LogP contribution in [0.4, 0.5) is 11.4 Å². The Hall–Kier alpha value is -2.70. The standard InChI is InChI=1S/C25H31N3O3/c1-18-15-27(16-19(2)31-18)17-20-9-11-21(12-10-20)25(30)26-22-6-5-7-23(14-22)28-13-4-3-8-24(28)29/h5-7,9-12,14,18-19H,3-4,8,13,15-17H2,1-2H3,(H,26,30). The summed E-state index contributed by atoms with van der Waals surface area (Å²) >= 11 is 0. The van der Waals surface area contributed by atoms with Gasteiger partial charge in [0.1, 0.15) is 0 Å². The van der Waals surface area contributed by atoms with E-state index in [0.717, 1.165) is 44.7 Å². The molecule has 2 amide bonds. The summed E-state index contributed by atoms with van der Waals surface area (Å²) in [5.41, 5.74) is 3.34. The summed E-state index contributed by atoms with van der Waals surface area (Å²) in [5.74, 6) is -0.00309. The largest absolute Gasteiger partial charge is 0.373 e. The van der Waals surface area contributed by atoms with Gasteiger partial charge in [0.25, 0.3) is 5.91 Å². The van der Waals surface area contributed by atoms with Crippen LogP contribution < -0.4 is 10.2 Å². The molecular formula is C25H31N3O3. The molecule has 31 heavy (non-hydrogen) atoms. The summed E-state index contributed by atoms with van der Waals surface area (Å²) < 4.78 is 5.80. The van der Waals surface area contributed by atoms with Crippen LogP contribution in [0.25, 0.3) is 0 Å². The van der Waals surface area contributed by atoms with E-state index in [-0.39, 0.29) is 24.0 Å². The molecule has 2 aliphatic heterocycles. The average molecular weight is 422 g/mol. The van der Waals surface area contributed by atoms with Crippen molar-refractivity contribution in [1.82, 2.24) is 4.90 Å². The molecule has 2 aromatic rings. The average Bonchev–Trinajstić information content (AvgIpc) is 2.74. The zero-order valence-electron chi connectivity index (χ0n) is 18.3. The summed E-state index contributed by atoms with van der Waals surface area (Å²) in [4.78, 5) is 29.1. The number of amides is 2. The van der Waals surface area contributed by atoms with Crippen LogP contribution in [0.5, 0.6) is 0 Å². The van der Waals surface area contributed by atoms with E-state index in [1.54, 1.807) is 4.90 Å². The van der Waals surface area contributed by atoms with Crippen LogP contribution in [-0.4, -0.2) is 48.6 Å². The Morgan fingerprint density at radius 2 is 1.81 bits per heavy atom. The highest BCUT2D eigenvalue weighted by Gasteiger charge is 2.22. The zero-order valence-corrected chi connectivity index (χ0v) is 18.3. The lowest BCUT2D eigenvalue weighted by molar-refractivity contribution is -0.119. The fourth-order valence-corrected chi connectivity index (χ4v) is 4.47. The Kier molecular flexibility index (Phi) is 6.68. The van der Waals surface area contributed by atoms with Gasteiger partial charge in [-0.05, 0) is 62.6 Å². The van der Waals surface area contributed by atoms with Crippen LogP contribution in [0.2, 0.25) is 0 Å². The van der Waals surface area contributed by atoms with Gasteiger partial charge in [0.15, 0.2) is 0 Å². The van der Waals surface area contributed by atoms with E-state index in [0.29, 0.717) is 17.7 Å². The molecule has 6 nitrogen and oxygen atoms in total. The molecule has 1 N–H and O–H groups in total. The molecular weight excluding hydrogens is 390 g/mol. The van der Waals surface area contributed by atoms with Crippen molar-refractivity contribution < 1.29 is 14.3 Å². The van der Waals surface area contributed by atoms with Gasteiger partial charge in [-0.15, -0.1) is 0 Å². The Bertz CT molecular complexity index is 918. The van der Waals surface area contributed by atoms with Crippen molar-refractivity contribution >= 4 is 23.2 Å². The lowest BCUT2D eigenvalue weighted by Crippen LogP contribution is -2.44. The van der Waals surface area contributed by atoms with E-state index in [1.165, 1.54) is 5.56 Å². The quantitative estimate of drug-likeness (QED) is 0.791. The predicted octanol–water partition coefficient (Wildman–Crippen LogP) is 4.07. The maximum Gasteiger partial charge on any atom is 0.255 e. The minimum Gasteiger partial charge on any atom is -0.373 e. The molecule has 2 aromatic carbocycles. The van der Waals surface area contributed by atoms with Gasteiger partial charge in [0, 0.05) is 49.5 Å². The van der Waals surface area contributed by atoms with E-state index in [9.17, 15) is 9.59 Å². The number of morpholine rings is 1. The fraction of sp³-hybridized carbons (Fsp3) is 0.440. The predicted molar refractivity (Wildman–Crippen MR) is 122 cm³/mol. The Balaban J connectivity index is 1.38. The van der Waals surface area contributed by atoms with Gasteiger partial charge in [-0.3, -0.25) is 14.5 Å². The maximum atomic E-state index is 12.7. The Morgan fingerprint density at radius 3 is 2.52 bits per heavy atom. The molecule has 2 heterocycles. The second kappa shape index (κ2) is 9.62. The number of hydrogen-bond acceptors (Lipinski definition) is 4. The first-order valence-corrected chi connectivity index (χ1v) is 11.2. The van der Waals surface area contributed by atoms with Crippen molar-refractivity contribution in [3.8, 4) is 0 Å². The van der Waals surface area contributed by atoms with Gasteiger partial charge in [-0.25, -0.2) is 0 Å². The van der Waals surface area contributed by atoms with Crippen LogP contribution in [0, 0.1) is 0 Å². The first kappa shape index (κ1) is 21.5. The number of carbonyl (C=O) groups excluding carboxylic acids is 2. The summed E-state index contributed by atoms with van der Waals surface area (Å²) in [6.45, 7) is 7.63. The summed E-state index contributed by atoms with van der Waals surface area (Å²) in [6.07, 6.45) is 3.03. The molecule has 0 aromatic heterocycles. The second-order valence-electron chi connectivity index (χ2n) is 8.66. The zero-order chi connectivity index (χ0) is 21.8. The van der Waals surface area contributed by atoms with Gasteiger partial charge in [-0.1, -0.05) is 18.2 Å². The molecule has 4 rings (SSSR count). The number of nitrogens with zero attached hydrogens (tertiary/aromatic N) is 2. The Labute approximate surface area is 184 Å². The molecule has 2 aliphatic rings. The number of ether oxygens (including phenoxy) is 1. The van der Waals surface area contributed by atoms with Gasteiger partial charge < -0.3 is 15.0 Å². The topological polar surface area (TPSA) is 61.9 Å². The number of carbonyl (C=O) groups is 2. The highest BCUT2D eigenvalue weighted by Crippen LogP contribution is 2.24. The van der Waals surface area contributed by atoms with Crippen LogP contribution in [0.3, 0.4) is 0 Å². The first-order chi connectivity index (χ1) is 15.0. The number of piperidine rings is 1. The number of anilines is 2. The van der Waals surface area contributed by atoms with E-state index < -0.39 is 0 Å². The third-order valence-corrected chi connectivity index (χ3v) is 5.86. The SMILES string of the molecule is CC1CN(Cc2ccc(C(=O)Nc3cccc(N4CCCCC4=O)c3)cc2)CC(C)O1. The van der Waals surface area contributed by atoms with Crippen LogP contribution >= 0.6 is 0 Å². The van der Waals surface area contributed by atoms with Crippen molar-refractivity contribution in [2.24, 2.45) is 0 Å². The molecule has 0 aliphatic carbocycles. The van der Waals surface area contributed by atoms with Gasteiger partial charge in [0.05, 0.1) is 12.2 Å². The highest BCUT2D eigenvalue weighted by atomic mass is 16.5. The summed E-state index contributed by atoms with van der Waals surface area (Å²) in [5, 5.41) is 2.96. The van der Waals surface area contributed by atoms with Gasteiger partial charge >= 0.3 is 0 Å². The number of rotatable bonds is 5. The minimum atomic E-state index is -0.151. The minimum absolute atomic E-state index is 0.148. The molecule has 2 fully saturated rings. The lowest BCUT2D eigenvalue weighted by Gasteiger charge is -2.35. The lowest BCUT2D eigenvalue weighted by atomic mass is 10.1. The van der Waals surface area contributed by atoms with Crippen LogP contribution in [0.15, 0.2) is 48.5 Å². The van der Waals surface area contributed by atoms with Gasteiger partial charge in [-0.2, -0.15) is 0 Å². The van der Waals surface area contributed by atoms with E-state index >= 15 is 0 Å². The third-order valence-electron chi connectivity index (χ3n) is 5.86. The molecule has 2 unspecified atom stereocenters. The molecule has 6 heteroatoms. The summed E-state index contributed by atoms with van der Waals surface area (Å²) in [6, 6.07) is 15.3. The first-order valence-electron chi connectivity index (χ1n) is 11.2. The van der Waals surface area contributed by atoms with Crippen LogP contribution in [-0.2, 0) is 16.1 Å². The molecule has 0 bridgehead atoms. The van der Waals surface area contributed by atoms with Crippen molar-refractivity contribution in [2.75, 3.05) is 29.9 Å². The number of benzene rings is 2. The smallest absolute Gasteiger partial charge is 0.255 e. The molecule has 2 atom stereocenters. The van der Waals surface area contributed by atoms with Crippen molar-refractivity contribution in [1.29, 1.82) is 0 Å². The van der Waals surface area contributed by atoms with E-state index in [2.05, 4.69) is 24.1 Å².